The van der Waals surface area contributed by atoms with Gasteiger partial charge in [0, 0.05) is 16.8 Å². The van der Waals surface area contributed by atoms with Crippen LogP contribution in [0.25, 0.3) is 0 Å². The minimum atomic E-state index is -0.604. The maximum absolute atomic E-state index is 12.2. The fraction of sp³-hybridized carbons (Fsp3) is 0.188. The van der Waals surface area contributed by atoms with Crippen molar-refractivity contribution < 1.29 is 9.72 Å². The van der Waals surface area contributed by atoms with Gasteiger partial charge >= 0.3 is 0 Å². The van der Waals surface area contributed by atoms with E-state index in [-0.39, 0.29) is 16.3 Å². The van der Waals surface area contributed by atoms with Crippen molar-refractivity contribution in [2.24, 2.45) is 0 Å². The van der Waals surface area contributed by atoms with Crippen LogP contribution in [0.3, 0.4) is 0 Å². The number of anilines is 1. The summed E-state index contributed by atoms with van der Waals surface area (Å²) in [7, 11) is 0. The summed E-state index contributed by atoms with van der Waals surface area (Å²) in [6.07, 6.45) is 0. The van der Waals surface area contributed by atoms with Gasteiger partial charge in [0.25, 0.3) is 11.6 Å². The first kappa shape index (κ1) is 16.0. The smallest absolute Gasteiger partial charge is 0.282 e. The molecule has 22 heavy (non-hydrogen) atoms. The Morgan fingerprint density at radius 2 is 1.82 bits per heavy atom. The molecule has 0 heterocycles. The Balaban J connectivity index is 2.25. The maximum Gasteiger partial charge on any atom is 0.282 e. The van der Waals surface area contributed by atoms with Crippen molar-refractivity contribution in [3.8, 4) is 0 Å². The Labute approximate surface area is 133 Å². The monoisotopic (exact) mass is 318 g/mol. The first-order valence-electron chi connectivity index (χ1n) is 6.73. The zero-order valence-corrected chi connectivity index (χ0v) is 12.9. The number of nitro groups is 1. The van der Waals surface area contributed by atoms with Crippen molar-refractivity contribution in [3.05, 3.63) is 68.7 Å². The molecule has 0 spiro atoms. The molecule has 2 aromatic carbocycles. The van der Waals surface area contributed by atoms with E-state index in [9.17, 15) is 14.9 Å². The molecule has 5 nitrogen and oxygen atoms in total. The highest BCUT2D eigenvalue weighted by Gasteiger charge is 2.20. The second-order valence-corrected chi connectivity index (χ2v) is 5.59. The SMILES string of the molecule is CC(C)c1ccc(NC(=O)c2cc(Cl)ccc2[N+](=O)[O-])cc1. The average molecular weight is 319 g/mol. The molecule has 0 aliphatic heterocycles. The van der Waals surface area contributed by atoms with Crippen molar-refractivity contribution in [2.45, 2.75) is 19.8 Å². The van der Waals surface area contributed by atoms with Crippen molar-refractivity contribution in [1.82, 2.24) is 0 Å². The molecule has 0 unspecified atom stereocenters. The number of nitrogens with zero attached hydrogens (tertiary/aromatic N) is 1. The van der Waals surface area contributed by atoms with Gasteiger partial charge in [0.1, 0.15) is 5.56 Å². The molecule has 1 amide bonds. The molecule has 114 valence electrons. The molecule has 6 heteroatoms. The normalized spacial score (nSPS) is 10.5. The van der Waals surface area contributed by atoms with Crippen molar-refractivity contribution >= 4 is 28.9 Å². The Morgan fingerprint density at radius 1 is 1.18 bits per heavy atom. The van der Waals surface area contributed by atoms with Gasteiger partial charge in [-0.2, -0.15) is 0 Å². The number of carbonyl (C=O) groups excluding carboxylic acids is 1. The minimum Gasteiger partial charge on any atom is -0.322 e. The van der Waals surface area contributed by atoms with Gasteiger partial charge in [0.2, 0.25) is 0 Å². The Bertz CT molecular complexity index is 712. The quantitative estimate of drug-likeness (QED) is 0.660. The highest BCUT2D eigenvalue weighted by Crippen LogP contribution is 2.24. The number of rotatable bonds is 4. The van der Waals surface area contributed by atoms with Gasteiger partial charge < -0.3 is 5.32 Å². The third-order valence-electron chi connectivity index (χ3n) is 3.24. The number of nitro benzene ring substituents is 1. The summed E-state index contributed by atoms with van der Waals surface area (Å²) >= 11 is 5.82. The van der Waals surface area contributed by atoms with E-state index < -0.39 is 10.8 Å². The first-order chi connectivity index (χ1) is 10.4. The fourth-order valence-electron chi connectivity index (χ4n) is 2.00. The van der Waals surface area contributed by atoms with E-state index in [2.05, 4.69) is 19.2 Å². The summed E-state index contributed by atoms with van der Waals surface area (Å²) in [4.78, 5) is 22.6. The molecular weight excluding hydrogens is 304 g/mol. The van der Waals surface area contributed by atoms with Gasteiger partial charge in [-0.15, -0.1) is 0 Å². The van der Waals surface area contributed by atoms with Crippen LogP contribution in [0.2, 0.25) is 5.02 Å². The summed E-state index contributed by atoms with van der Waals surface area (Å²) in [5, 5.41) is 13.9. The van der Waals surface area contributed by atoms with Gasteiger partial charge in [-0.05, 0) is 35.7 Å². The van der Waals surface area contributed by atoms with Crippen LogP contribution in [0.1, 0.15) is 35.7 Å². The third kappa shape index (κ3) is 3.62. The number of carbonyl (C=O) groups is 1. The summed E-state index contributed by atoms with van der Waals surface area (Å²) in [6.45, 7) is 4.14. The van der Waals surface area contributed by atoms with Crippen LogP contribution < -0.4 is 5.32 Å². The summed E-state index contributed by atoms with van der Waals surface area (Å²) in [5.41, 5.74) is 1.38. The lowest BCUT2D eigenvalue weighted by atomic mass is 10.0. The van der Waals surface area contributed by atoms with Crippen molar-refractivity contribution in [2.75, 3.05) is 5.32 Å². The van der Waals surface area contributed by atoms with Crippen LogP contribution >= 0.6 is 11.6 Å². The van der Waals surface area contributed by atoms with Gasteiger partial charge in [0.05, 0.1) is 4.92 Å². The molecule has 2 rings (SSSR count). The molecular formula is C16H15ClN2O3. The Hall–Kier alpha value is -2.40. The molecule has 1 N–H and O–H groups in total. The van der Waals surface area contributed by atoms with Crippen LogP contribution in [0.5, 0.6) is 0 Å². The maximum atomic E-state index is 12.2. The number of benzene rings is 2. The van der Waals surface area contributed by atoms with Crippen molar-refractivity contribution in [3.63, 3.8) is 0 Å². The Kier molecular flexibility index (Phi) is 4.78. The van der Waals surface area contributed by atoms with Crippen LogP contribution in [0, 0.1) is 10.1 Å². The lowest BCUT2D eigenvalue weighted by Crippen LogP contribution is -2.14. The fourth-order valence-corrected chi connectivity index (χ4v) is 2.17. The molecule has 0 aliphatic carbocycles. The predicted molar refractivity (Wildman–Crippen MR) is 86.6 cm³/mol. The van der Waals surface area contributed by atoms with E-state index in [1.165, 1.54) is 18.2 Å². The van der Waals surface area contributed by atoms with E-state index >= 15 is 0 Å². The van der Waals surface area contributed by atoms with Crippen LogP contribution in [0.15, 0.2) is 42.5 Å². The highest BCUT2D eigenvalue weighted by molar-refractivity contribution is 6.31. The third-order valence-corrected chi connectivity index (χ3v) is 3.47. The first-order valence-corrected chi connectivity index (χ1v) is 7.11. The lowest BCUT2D eigenvalue weighted by molar-refractivity contribution is -0.385. The zero-order valence-electron chi connectivity index (χ0n) is 12.2. The molecule has 0 fully saturated rings. The largest absolute Gasteiger partial charge is 0.322 e. The molecule has 0 saturated carbocycles. The minimum absolute atomic E-state index is 0.0644. The van der Waals surface area contributed by atoms with Gasteiger partial charge in [-0.3, -0.25) is 14.9 Å². The van der Waals surface area contributed by atoms with Crippen molar-refractivity contribution in [1.29, 1.82) is 0 Å². The topological polar surface area (TPSA) is 72.2 Å². The molecule has 0 radical (unpaired) electrons. The van der Waals surface area contributed by atoms with E-state index in [0.29, 0.717) is 11.6 Å². The molecule has 0 aromatic heterocycles. The number of hydrogen-bond donors (Lipinski definition) is 1. The standard InChI is InChI=1S/C16H15ClN2O3/c1-10(2)11-3-6-13(7-4-11)18-16(20)14-9-12(17)5-8-15(14)19(21)22/h3-10H,1-2H3,(H,18,20). The second kappa shape index (κ2) is 6.58. The van der Waals surface area contributed by atoms with E-state index in [0.717, 1.165) is 5.56 Å². The van der Waals surface area contributed by atoms with Crippen LogP contribution in [0.4, 0.5) is 11.4 Å². The summed E-state index contributed by atoms with van der Waals surface area (Å²) in [6, 6.07) is 11.2. The molecule has 0 bridgehead atoms. The number of halogens is 1. The number of hydrogen-bond acceptors (Lipinski definition) is 3. The Morgan fingerprint density at radius 3 is 2.36 bits per heavy atom. The summed E-state index contributed by atoms with van der Waals surface area (Å²) < 4.78 is 0. The van der Waals surface area contributed by atoms with Gasteiger partial charge in [-0.1, -0.05) is 37.6 Å². The molecule has 0 atom stereocenters. The molecule has 0 aliphatic rings. The number of amides is 1. The predicted octanol–water partition coefficient (Wildman–Crippen LogP) is 4.62. The van der Waals surface area contributed by atoms with E-state index in [4.69, 9.17) is 11.6 Å². The van der Waals surface area contributed by atoms with Gasteiger partial charge in [0.15, 0.2) is 0 Å². The lowest BCUT2D eigenvalue weighted by Gasteiger charge is -2.09. The van der Waals surface area contributed by atoms with E-state index in [1.54, 1.807) is 12.1 Å². The van der Waals surface area contributed by atoms with E-state index in [1.807, 2.05) is 12.1 Å². The number of nitrogens with one attached hydrogen (secondary N) is 1. The van der Waals surface area contributed by atoms with Crippen LogP contribution in [-0.2, 0) is 0 Å². The molecule has 0 saturated heterocycles. The molecule has 2 aromatic rings. The zero-order chi connectivity index (χ0) is 16.3. The van der Waals surface area contributed by atoms with Crippen LogP contribution in [-0.4, -0.2) is 10.8 Å². The summed E-state index contributed by atoms with van der Waals surface area (Å²) in [5.74, 6) is -0.176. The average Bonchev–Trinajstić information content (AvgIpc) is 2.47. The highest BCUT2D eigenvalue weighted by atomic mass is 35.5. The second-order valence-electron chi connectivity index (χ2n) is 5.15. The van der Waals surface area contributed by atoms with Gasteiger partial charge in [-0.25, -0.2) is 0 Å².